The Morgan fingerprint density at radius 3 is 2.71 bits per heavy atom. The molecule has 0 spiro atoms. The topological polar surface area (TPSA) is 58.4 Å². The summed E-state index contributed by atoms with van der Waals surface area (Å²) in [5, 5.41) is 4.25. The highest BCUT2D eigenvalue weighted by Crippen LogP contribution is 2.36. The van der Waals surface area contributed by atoms with E-state index in [1.54, 1.807) is 4.68 Å². The van der Waals surface area contributed by atoms with Crippen molar-refractivity contribution in [3.05, 3.63) is 18.0 Å². The van der Waals surface area contributed by atoms with Crippen molar-refractivity contribution in [3.8, 4) is 0 Å². The van der Waals surface area contributed by atoms with E-state index in [1.165, 1.54) is 12.8 Å². The first-order chi connectivity index (χ1) is 11.6. The molecule has 0 N–H and O–H groups in total. The van der Waals surface area contributed by atoms with E-state index in [0.29, 0.717) is 19.0 Å². The minimum absolute atomic E-state index is 0.127. The van der Waals surface area contributed by atoms with E-state index < -0.39 is 0 Å². The lowest BCUT2D eigenvalue weighted by Gasteiger charge is -2.28. The van der Waals surface area contributed by atoms with Gasteiger partial charge in [0.2, 0.25) is 11.8 Å². The second-order valence-electron chi connectivity index (χ2n) is 7.52. The molecule has 6 heteroatoms. The van der Waals surface area contributed by atoms with Crippen molar-refractivity contribution in [2.45, 2.75) is 57.0 Å². The standard InChI is InChI=1S/C18H26N4O2/c1-20-11-14(10-19-20)16-7-4-8-21(16)18(24)13-9-17(23)22(12-13)15-5-2-3-6-15/h10-11,13,15-16H,2-9,12H2,1H3/t13-,16-/m0/s1. The number of hydrogen-bond donors (Lipinski definition) is 0. The van der Waals surface area contributed by atoms with Crippen LogP contribution in [0.4, 0.5) is 0 Å². The SMILES string of the molecule is Cn1cc([C@@H]2CCCN2C(=O)[C@H]2CC(=O)N(C3CCCC3)C2)cn1. The predicted octanol–water partition coefficient (Wildman–Crippen LogP) is 1.87. The van der Waals surface area contributed by atoms with Crippen LogP contribution < -0.4 is 0 Å². The molecule has 3 aliphatic rings. The average molecular weight is 330 g/mol. The fourth-order valence-electron chi connectivity index (χ4n) is 4.69. The Bertz CT molecular complexity index is 635. The van der Waals surface area contributed by atoms with Crippen LogP contribution in [0, 0.1) is 5.92 Å². The molecule has 3 heterocycles. The number of rotatable bonds is 3. The van der Waals surface area contributed by atoms with Crippen LogP contribution in [-0.2, 0) is 16.6 Å². The van der Waals surface area contributed by atoms with E-state index in [-0.39, 0.29) is 23.8 Å². The molecule has 2 amide bonds. The molecule has 0 aromatic carbocycles. The van der Waals surface area contributed by atoms with Gasteiger partial charge in [-0.25, -0.2) is 0 Å². The highest BCUT2D eigenvalue weighted by atomic mass is 16.2. The lowest BCUT2D eigenvalue weighted by atomic mass is 10.0. The van der Waals surface area contributed by atoms with Gasteiger partial charge in [0, 0.05) is 44.4 Å². The van der Waals surface area contributed by atoms with Crippen LogP contribution in [0.25, 0.3) is 0 Å². The Balaban J connectivity index is 1.46. The first-order valence-electron chi connectivity index (χ1n) is 9.22. The van der Waals surface area contributed by atoms with E-state index in [2.05, 4.69) is 5.10 Å². The number of aromatic nitrogens is 2. The molecule has 0 radical (unpaired) electrons. The predicted molar refractivity (Wildman–Crippen MR) is 89.0 cm³/mol. The van der Waals surface area contributed by atoms with Crippen molar-refractivity contribution in [2.24, 2.45) is 13.0 Å². The molecule has 2 saturated heterocycles. The van der Waals surface area contributed by atoms with Gasteiger partial charge in [0.15, 0.2) is 0 Å². The molecule has 1 aromatic rings. The van der Waals surface area contributed by atoms with Crippen LogP contribution in [-0.4, -0.2) is 50.5 Å². The molecular weight excluding hydrogens is 304 g/mol. The van der Waals surface area contributed by atoms with Crippen LogP contribution in [0.15, 0.2) is 12.4 Å². The van der Waals surface area contributed by atoms with Crippen molar-refractivity contribution < 1.29 is 9.59 Å². The van der Waals surface area contributed by atoms with Gasteiger partial charge in [0.25, 0.3) is 0 Å². The molecule has 3 fully saturated rings. The smallest absolute Gasteiger partial charge is 0.228 e. The number of carbonyl (C=O) groups excluding carboxylic acids is 2. The normalized spacial score (nSPS) is 28.3. The zero-order chi connectivity index (χ0) is 16.7. The summed E-state index contributed by atoms with van der Waals surface area (Å²) in [6.45, 7) is 1.42. The minimum Gasteiger partial charge on any atom is -0.339 e. The van der Waals surface area contributed by atoms with E-state index in [0.717, 1.165) is 37.8 Å². The molecule has 2 aliphatic heterocycles. The molecule has 6 nitrogen and oxygen atoms in total. The highest BCUT2D eigenvalue weighted by molar-refractivity contribution is 5.89. The van der Waals surface area contributed by atoms with Crippen LogP contribution in [0.1, 0.15) is 56.6 Å². The Labute approximate surface area is 142 Å². The second kappa shape index (κ2) is 6.22. The largest absolute Gasteiger partial charge is 0.339 e. The van der Waals surface area contributed by atoms with Gasteiger partial charge in [-0.05, 0) is 25.7 Å². The first kappa shape index (κ1) is 15.7. The summed E-state index contributed by atoms with van der Waals surface area (Å²) in [6.07, 6.45) is 10.9. The Hall–Kier alpha value is -1.85. The van der Waals surface area contributed by atoms with E-state index in [9.17, 15) is 9.59 Å². The Morgan fingerprint density at radius 1 is 1.21 bits per heavy atom. The maximum Gasteiger partial charge on any atom is 0.228 e. The van der Waals surface area contributed by atoms with Crippen molar-refractivity contribution in [1.29, 1.82) is 0 Å². The molecule has 24 heavy (non-hydrogen) atoms. The number of likely N-dealkylation sites (tertiary alicyclic amines) is 2. The van der Waals surface area contributed by atoms with Crippen LogP contribution in [0.5, 0.6) is 0 Å². The van der Waals surface area contributed by atoms with Gasteiger partial charge in [0.1, 0.15) is 0 Å². The molecule has 1 aliphatic carbocycles. The third-order valence-electron chi connectivity index (χ3n) is 5.92. The van der Waals surface area contributed by atoms with E-state index in [4.69, 9.17) is 0 Å². The van der Waals surface area contributed by atoms with Crippen LogP contribution in [0.2, 0.25) is 0 Å². The van der Waals surface area contributed by atoms with E-state index in [1.807, 2.05) is 29.2 Å². The Kier molecular flexibility index (Phi) is 4.06. The third-order valence-corrected chi connectivity index (χ3v) is 5.92. The summed E-state index contributed by atoms with van der Waals surface area (Å²) < 4.78 is 1.79. The lowest BCUT2D eigenvalue weighted by molar-refractivity contribution is -0.136. The van der Waals surface area contributed by atoms with Gasteiger partial charge in [-0.3, -0.25) is 14.3 Å². The van der Waals surface area contributed by atoms with Gasteiger partial charge in [-0.2, -0.15) is 5.10 Å². The van der Waals surface area contributed by atoms with Crippen molar-refractivity contribution >= 4 is 11.8 Å². The van der Waals surface area contributed by atoms with E-state index >= 15 is 0 Å². The van der Waals surface area contributed by atoms with Gasteiger partial charge >= 0.3 is 0 Å². The fraction of sp³-hybridized carbons (Fsp3) is 0.722. The second-order valence-corrected chi connectivity index (χ2v) is 7.52. The van der Waals surface area contributed by atoms with Crippen molar-refractivity contribution in [2.75, 3.05) is 13.1 Å². The molecule has 4 rings (SSSR count). The molecule has 2 atom stereocenters. The first-order valence-corrected chi connectivity index (χ1v) is 9.22. The van der Waals surface area contributed by atoms with Crippen LogP contribution >= 0.6 is 0 Å². The Morgan fingerprint density at radius 2 is 2.00 bits per heavy atom. The summed E-state index contributed by atoms with van der Waals surface area (Å²) in [6, 6.07) is 0.504. The summed E-state index contributed by atoms with van der Waals surface area (Å²) in [5.41, 5.74) is 1.11. The third kappa shape index (κ3) is 2.72. The molecule has 0 bridgehead atoms. The zero-order valence-electron chi connectivity index (χ0n) is 14.4. The highest BCUT2D eigenvalue weighted by Gasteiger charge is 2.42. The summed E-state index contributed by atoms with van der Waals surface area (Å²) in [5.74, 6) is 0.183. The molecule has 0 unspecified atom stereocenters. The minimum atomic E-state index is -0.157. The monoisotopic (exact) mass is 330 g/mol. The quantitative estimate of drug-likeness (QED) is 0.850. The van der Waals surface area contributed by atoms with Gasteiger partial charge in [-0.15, -0.1) is 0 Å². The molecule has 130 valence electrons. The zero-order valence-corrected chi connectivity index (χ0v) is 14.4. The van der Waals surface area contributed by atoms with Crippen LogP contribution in [0.3, 0.4) is 0 Å². The fourth-order valence-corrected chi connectivity index (χ4v) is 4.69. The number of hydrogen-bond acceptors (Lipinski definition) is 3. The van der Waals surface area contributed by atoms with Crippen molar-refractivity contribution in [3.63, 3.8) is 0 Å². The molecule has 1 aromatic heterocycles. The summed E-state index contributed by atoms with van der Waals surface area (Å²) in [7, 11) is 1.90. The maximum absolute atomic E-state index is 13.1. The summed E-state index contributed by atoms with van der Waals surface area (Å²) >= 11 is 0. The molecular formula is C18H26N4O2. The number of carbonyl (C=O) groups is 2. The van der Waals surface area contributed by atoms with Gasteiger partial charge in [-0.1, -0.05) is 12.8 Å². The summed E-state index contributed by atoms with van der Waals surface area (Å²) in [4.78, 5) is 29.4. The number of amides is 2. The average Bonchev–Trinajstić information content (AvgIpc) is 3.33. The number of nitrogens with zero attached hydrogens (tertiary/aromatic N) is 4. The maximum atomic E-state index is 13.1. The lowest BCUT2D eigenvalue weighted by Crippen LogP contribution is -2.38. The van der Waals surface area contributed by atoms with Gasteiger partial charge in [0.05, 0.1) is 18.2 Å². The molecule has 1 saturated carbocycles. The number of aryl methyl sites for hydroxylation is 1. The van der Waals surface area contributed by atoms with Gasteiger partial charge < -0.3 is 9.80 Å². The van der Waals surface area contributed by atoms with Crippen molar-refractivity contribution in [1.82, 2.24) is 19.6 Å².